The monoisotopic (exact) mass is 392 g/mol. The highest BCUT2D eigenvalue weighted by molar-refractivity contribution is 6.34. The van der Waals surface area contributed by atoms with Crippen LogP contribution in [0.15, 0.2) is 48.5 Å². The summed E-state index contributed by atoms with van der Waals surface area (Å²) in [5.41, 5.74) is 2.36. The molecule has 0 bridgehead atoms. The summed E-state index contributed by atoms with van der Waals surface area (Å²) in [4.78, 5) is 0. The SMILES string of the molecule is OC[C@H]1CC[C@@]2(C=C(c3cc(Cl)ccc3Cl)CO2)[C@@H]1c1ccc(F)cc1. The largest absolute Gasteiger partial charge is 0.396 e. The average molecular weight is 393 g/mol. The predicted octanol–water partition coefficient (Wildman–Crippen LogP) is 5.47. The Morgan fingerprint density at radius 3 is 2.65 bits per heavy atom. The van der Waals surface area contributed by atoms with E-state index in [9.17, 15) is 9.50 Å². The van der Waals surface area contributed by atoms with Gasteiger partial charge in [-0.25, -0.2) is 4.39 Å². The zero-order valence-corrected chi connectivity index (χ0v) is 15.6. The van der Waals surface area contributed by atoms with E-state index in [2.05, 4.69) is 6.08 Å². The summed E-state index contributed by atoms with van der Waals surface area (Å²) in [7, 11) is 0. The van der Waals surface area contributed by atoms with Gasteiger partial charge in [-0.2, -0.15) is 0 Å². The summed E-state index contributed by atoms with van der Waals surface area (Å²) < 4.78 is 19.7. The highest BCUT2D eigenvalue weighted by Gasteiger charge is 2.51. The van der Waals surface area contributed by atoms with Crippen LogP contribution in [0.1, 0.15) is 29.9 Å². The van der Waals surface area contributed by atoms with E-state index in [1.54, 1.807) is 24.3 Å². The van der Waals surface area contributed by atoms with Gasteiger partial charge in [0.1, 0.15) is 5.82 Å². The van der Waals surface area contributed by atoms with E-state index >= 15 is 0 Å². The minimum atomic E-state index is -0.508. The fourth-order valence-electron chi connectivity index (χ4n) is 4.37. The number of ether oxygens (including phenoxy) is 1. The van der Waals surface area contributed by atoms with Crippen LogP contribution in [0.3, 0.4) is 0 Å². The first kappa shape index (κ1) is 18.0. The second kappa shape index (κ2) is 6.97. The minimum absolute atomic E-state index is 0.0245. The lowest BCUT2D eigenvalue weighted by Gasteiger charge is -2.32. The molecule has 0 aromatic heterocycles. The highest BCUT2D eigenvalue weighted by Crippen LogP contribution is 2.53. The van der Waals surface area contributed by atoms with Gasteiger partial charge in [0.25, 0.3) is 0 Å². The molecular formula is C21H19Cl2FO2. The van der Waals surface area contributed by atoms with Crippen LogP contribution in [-0.4, -0.2) is 23.9 Å². The lowest BCUT2D eigenvalue weighted by Crippen LogP contribution is -2.33. The van der Waals surface area contributed by atoms with Crippen LogP contribution in [0, 0.1) is 11.7 Å². The molecule has 5 heteroatoms. The Balaban J connectivity index is 1.75. The van der Waals surface area contributed by atoms with E-state index in [0.29, 0.717) is 16.7 Å². The molecule has 3 atom stereocenters. The number of hydrogen-bond acceptors (Lipinski definition) is 2. The topological polar surface area (TPSA) is 29.5 Å². The smallest absolute Gasteiger partial charge is 0.123 e. The zero-order valence-electron chi connectivity index (χ0n) is 14.1. The van der Waals surface area contributed by atoms with E-state index < -0.39 is 5.60 Å². The van der Waals surface area contributed by atoms with Gasteiger partial charge in [0.2, 0.25) is 0 Å². The van der Waals surface area contributed by atoms with Crippen LogP contribution in [0.5, 0.6) is 0 Å². The van der Waals surface area contributed by atoms with Crippen molar-refractivity contribution in [2.24, 2.45) is 5.92 Å². The molecule has 0 unspecified atom stereocenters. The number of aliphatic hydroxyl groups is 1. The third kappa shape index (κ3) is 3.07. The summed E-state index contributed by atoms with van der Waals surface area (Å²) >= 11 is 12.5. The zero-order chi connectivity index (χ0) is 18.3. The molecule has 1 saturated carbocycles. The molecule has 2 aromatic rings. The van der Waals surface area contributed by atoms with Gasteiger partial charge in [-0.05, 0) is 71.9 Å². The molecule has 2 aliphatic rings. The summed E-state index contributed by atoms with van der Waals surface area (Å²) in [5.74, 6) is -0.218. The second-order valence-corrected chi connectivity index (χ2v) is 7.89. The van der Waals surface area contributed by atoms with E-state index in [1.807, 2.05) is 6.07 Å². The third-order valence-electron chi connectivity index (χ3n) is 5.56. The summed E-state index contributed by atoms with van der Waals surface area (Å²) in [6.07, 6.45) is 3.79. The first-order valence-electron chi connectivity index (χ1n) is 8.70. The van der Waals surface area contributed by atoms with Crippen LogP contribution in [0.25, 0.3) is 5.57 Å². The van der Waals surface area contributed by atoms with Gasteiger partial charge in [0.15, 0.2) is 0 Å². The number of benzene rings is 2. The normalized spacial score (nSPS) is 27.9. The Hall–Kier alpha value is -1.39. The van der Waals surface area contributed by atoms with Crippen molar-refractivity contribution in [3.8, 4) is 0 Å². The van der Waals surface area contributed by atoms with E-state index in [0.717, 1.165) is 29.5 Å². The lowest BCUT2D eigenvalue weighted by atomic mass is 9.80. The third-order valence-corrected chi connectivity index (χ3v) is 6.12. The van der Waals surface area contributed by atoms with Crippen molar-refractivity contribution in [3.63, 3.8) is 0 Å². The Labute approximate surface area is 162 Å². The van der Waals surface area contributed by atoms with Gasteiger partial charge in [-0.15, -0.1) is 0 Å². The number of aliphatic hydroxyl groups excluding tert-OH is 1. The molecule has 1 fully saturated rings. The van der Waals surface area contributed by atoms with Crippen molar-refractivity contribution in [2.75, 3.05) is 13.2 Å². The van der Waals surface area contributed by atoms with Crippen LogP contribution in [0.2, 0.25) is 10.0 Å². The fourth-order valence-corrected chi connectivity index (χ4v) is 4.78. The number of halogens is 3. The number of hydrogen-bond donors (Lipinski definition) is 1. The van der Waals surface area contributed by atoms with Crippen LogP contribution < -0.4 is 0 Å². The average Bonchev–Trinajstić information content (AvgIpc) is 3.22. The highest BCUT2D eigenvalue weighted by atomic mass is 35.5. The van der Waals surface area contributed by atoms with Gasteiger partial charge >= 0.3 is 0 Å². The minimum Gasteiger partial charge on any atom is -0.396 e. The van der Waals surface area contributed by atoms with Gasteiger partial charge in [-0.3, -0.25) is 0 Å². The van der Waals surface area contributed by atoms with Crippen LogP contribution in [0.4, 0.5) is 4.39 Å². The van der Waals surface area contributed by atoms with Crippen LogP contribution >= 0.6 is 23.2 Å². The molecule has 26 heavy (non-hydrogen) atoms. The van der Waals surface area contributed by atoms with Gasteiger partial charge < -0.3 is 9.84 Å². The molecule has 2 nitrogen and oxygen atoms in total. The van der Waals surface area contributed by atoms with E-state index in [4.69, 9.17) is 27.9 Å². The first-order valence-corrected chi connectivity index (χ1v) is 9.45. The summed E-state index contributed by atoms with van der Waals surface area (Å²) in [6, 6.07) is 11.9. The van der Waals surface area contributed by atoms with Crippen molar-refractivity contribution >= 4 is 28.8 Å². The quantitative estimate of drug-likeness (QED) is 0.749. The van der Waals surface area contributed by atoms with Crippen molar-refractivity contribution < 1.29 is 14.2 Å². The molecule has 1 aliphatic heterocycles. The second-order valence-electron chi connectivity index (χ2n) is 7.05. The van der Waals surface area contributed by atoms with Crippen molar-refractivity contribution in [1.82, 2.24) is 0 Å². The van der Waals surface area contributed by atoms with Crippen molar-refractivity contribution in [3.05, 3.63) is 75.5 Å². The maximum Gasteiger partial charge on any atom is 0.123 e. The molecule has 0 amide bonds. The molecule has 1 heterocycles. The predicted molar refractivity (Wildman–Crippen MR) is 102 cm³/mol. The lowest BCUT2D eigenvalue weighted by molar-refractivity contribution is 0.0107. The molecule has 4 rings (SSSR count). The standard InChI is InChI=1S/C21H19Cl2FO2/c22-16-3-6-19(23)18(9-16)15-10-21(26-12-15)8-7-14(11-25)20(21)13-1-4-17(24)5-2-13/h1-6,9-10,14,20,25H,7-8,11-12H2/t14-,20-,21-/m1/s1. The molecule has 1 N–H and O–H groups in total. The van der Waals surface area contributed by atoms with E-state index in [-0.39, 0.29) is 24.3 Å². The summed E-state index contributed by atoms with van der Waals surface area (Å²) in [5, 5.41) is 11.1. The van der Waals surface area contributed by atoms with Crippen molar-refractivity contribution in [2.45, 2.75) is 24.4 Å². The fraction of sp³-hybridized carbons (Fsp3) is 0.333. The Bertz CT molecular complexity index is 850. The first-order chi connectivity index (χ1) is 12.5. The molecule has 1 spiro atoms. The van der Waals surface area contributed by atoms with Gasteiger partial charge in [0.05, 0.1) is 12.2 Å². The maximum absolute atomic E-state index is 13.4. The summed E-state index contributed by atoms with van der Waals surface area (Å²) in [6.45, 7) is 0.518. The Morgan fingerprint density at radius 2 is 1.92 bits per heavy atom. The molecule has 0 saturated heterocycles. The number of rotatable bonds is 3. The van der Waals surface area contributed by atoms with Crippen LogP contribution in [-0.2, 0) is 4.74 Å². The molecule has 1 aliphatic carbocycles. The molecule has 0 radical (unpaired) electrons. The molecule has 136 valence electrons. The maximum atomic E-state index is 13.4. The Morgan fingerprint density at radius 1 is 1.15 bits per heavy atom. The Kier molecular flexibility index (Phi) is 4.83. The molecule has 2 aromatic carbocycles. The van der Waals surface area contributed by atoms with Gasteiger partial charge in [-0.1, -0.05) is 35.3 Å². The van der Waals surface area contributed by atoms with E-state index in [1.165, 1.54) is 12.1 Å². The van der Waals surface area contributed by atoms with Gasteiger partial charge in [0, 0.05) is 22.6 Å². The van der Waals surface area contributed by atoms with Crippen molar-refractivity contribution in [1.29, 1.82) is 0 Å². The molecular weight excluding hydrogens is 374 g/mol.